The van der Waals surface area contributed by atoms with Gasteiger partial charge in [-0.3, -0.25) is 0 Å². The average Bonchev–Trinajstić information content (AvgIpc) is 3.10. The molecule has 2 nitrogen and oxygen atoms in total. The smallest absolute Gasteiger partial charge is 0.166 e. The molecule has 2 N–H and O–H groups in total. The molecule has 2 fully saturated rings. The number of nitrogens with one attached hydrogen (secondary N) is 2. The average molecular weight is 302 g/mol. The lowest BCUT2D eigenvalue weighted by atomic mass is 9.84. The van der Waals surface area contributed by atoms with Gasteiger partial charge in [-0.05, 0) is 68.6 Å². The van der Waals surface area contributed by atoms with Gasteiger partial charge in [0.1, 0.15) is 0 Å². The van der Waals surface area contributed by atoms with E-state index in [1.165, 1.54) is 31.2 Å². The minimum absolute atomic E-state index is 0.249. The van der Waals surface area contributed by atoms with Crippen molar-refractivity contribution in [1.82, 2.24) is 10.6 Å². The first-order valence-electron chi connectivity index (χ1n) is 8.25. The van der Waals surface area contributed by atoms with Crippen LogP contribution in [0.25, 0.3) is 0 Å². The van der Waals surface area contributed by atoms with Crippen molar-refractivity contribution >= 4 is 17.3 Å². The quantitative estimate of drug-likeness (QED) is 0.821. The van der Waals surface area contributed by atoms with E-state index in [0.717, 1.165) is 22.9 Å². The first-order valence-corrected chi connectivity index (χ1v) is 8.66. The lowest BCUT2D eigenvalue weighted by Gasteiger charge is -2.30. The molecule has 0 unspecified atom stereocenters. The van der Waals surface area contributed by atoms with E-state index in [2.05, 4.69) is 48.7 Å². The lowest BCUT2D eigenvalue weighted by molar-refractivity contribution is 0.278. The van der Waals surface area contributed by atoms with Gasteiger partial charge in [0.25, 0.3) is 0 Å². The molecule has 5 atom stereocenters. The predicted molar refractivity (Wildman–Crippen MR) is 92.1 cm³/mol. The van der Waals surface area contributed by atoms with Crippen molar-refractivity contribution < 1.29 is 0 Å². The van der Waals surface area contributed by atoms with Crippen LogP contribution in [0.2, 0.25) is 0 Å². The Hall–Kier alpha value is -1.09. The summed E-state index contributed by atoms with van der Waals surface area (Å²) in [5, 5.41) is 7.74. The Bertz CT molecular complexity index is 487. The zero-order valence-corrected chi connectivity index (χ0v) is 13.8. The molecule has 1 aromatic rings. The number of benzene rings is 1. The summed E-state index contributed by atoms with van der Waals surface area (Å²) in [5.74, 6) is 2.75. The van der Waals surface area contributed by atoms with E-state index >= 15 is 0 Å². The molecule has 2 bridgehead atoms. The van der Waals surface area contributed by atoms with E-state index in [-0.39, 0.29) is 6.04 Å². The van der Waals surface area contributed by atoms with Crippen LogP contribution in [0.3, 0.4) is 0 Å². The molecule has 0 aromatic heterocycles. The van der Waals surface area contributed by atoms with Gasteiger partial charge in [-0.2, -0.15) is 0 Å². The maximum atomic E-state index is 5.51. The van der Waals surface area contributed by atoms with Crippen LogP contribution in [0.5, 0.6) is 0 Å². The first kappa shape index (κ1) is 14.8. The van der Waals surface area contributed by atoms with Crippen molar-refractivity contribution in [2.75, 3.05) is 0 Å². The highest BCUT2D eigenvalue weighted by Crippen LogP contribution is 2.49. The Kier molecular flexibility index (Phi) is 4.48. The molecule has 3 rings (SSSR count). The summed E-state index contributed by atoms with van der Waals surface area (Å²) in [4.78, 5) is 0. The second-order valence-corrected chi connectivity index (χ2v) is 7.29. The summed E-state index contributed by atoms with van der Waals surface area (Å²) < 4.78 is 0. The van der Waals surface area contributed by atoms with Gasteiger partial charge in [-0.1, -0.05) is 36.8 Å². The third kappa shape index (κ3) is 3.39. The van der Waals surface area contributed by atoms with Crippen LogP contribution < -0.4 is 10.6 Å². The number of hydrogen-bond acceptors (Lipinski definition) is 1. The topological polar surface area (TPSA) is 24.1 Å². The van der Waals surface area contributed by atoms with E-state index in [9.17, 15) is 0 Å². The Balaban J connectivity index is 1.50. The molecule has 21 heavy (non-hydrogen) atoms. The van der Waals surface area contributed by atoms with Crippen LogP contribution in [0, 0.1) is 17.8 Å². The summed E-state index contributed by atoms with van der Waals surface area (Å²) >= 11 is 5.51. The van der Waals surface area contributed by atoms with Crippen LogP contribution in [0.1, 0.15) is 51.1 Å². The molecule has 0 saturated heterocycles. The van der Waals surface area contributed by atoms with Gasteiger partial charge in [-0.15, -0.1) is 0 Å². The van der Waals surface area contributed by atoms with Gasteiger partial charge in [-0.25, -0.2) is 0 Å². The minimum Gasteiger partial charge on any atom is -0.360 e. The number of hydrogen-bond donors (Lipinski definition) is 2. The SMILES string of the molecule is C[C@H](NC(=S)N[C@H](C)c1ccccc1)[C@@H]1C[C@@H]2CC[C@@H]1C2. The van der Waals surface area contributed by atoms with Crippen molar-refractivity contribution in [3.05, 3.63) is 35.9 Å². The summed E-state index contributed by atoms with van der Waals surface area (Å²) in [6, 6.07) is 11.2. The monoisotopic (exact) mass is 302 g/mol. The standard InChI is InChI=1S/C18H26N2S/c1-12(15-6-4-3-5-7-15)19-18(21)20-13(2)17-11-14-8-9-16(17)10-14/h3-7,12-14,16-17H,8-11H2,1-2H3,(H2,19,20,21)/t12-,13+,14-,16-,17+/m1/s1. The maximum Gasteiger partial charge on any atom is 0.166 e. The fraction of sp³-hybridized carbons (Fsp3) is 0.611. The number of rotatable bonds is 4. The summed E-state index contributed by atoms with van der Waals surface area (Å²) in [6.07, 6.45) is 5.75. The van der Waals surface area contributed by atoms with Crippen molar-refractivity contribution in [1.29, 1.82) is 0 Å². The molecule has 2 aliphatic rings. The molecule has 0 radical (unpaired) electrons. The van der Waals surface area contributed by atoms with Crippen LogP contribution in [-0.2, 0) is 0 Å². The van der Waals surface area contributed by atoms with E-state index in [4.69, 9.17) is 12.2 Å². The van der Waals surface area contributed by atoms with Crippen molar-refractivity contribution in [3.8, 4) is 0 Å². The van der Waals surface area contributed by atoms with E-state index in [1.54, 1.807) is 0 Å². The molecule has 2 saturated carbocycles. The molecule has 0 heterocycles. The molecule has 0 aliphatic heterocycles. The highest BCUT2D eigenvalue weighted by Gasteiger charge is 2.41. The van der Waals surface area contributed by atoms with Gasteiger partial charge in [0.05, 0.1) is 6.04 Å². The molecule has 0 spiro atoms. The molecular weight excluding hydrogens is 276 g/mol. The highest BCUT2D eigenvalue weighted by molar-refractivity contribution is 7.80. The zero-order chi connectivity index (χ0) is 14.8. The van der Waals surface area contributed by atoms with Gasteiger partial charge in [0, 0.05) is 6.04 Å². The first-order chi connectivity index (χ1) is 10.1. The van der Waals surface area contributed by atoms with Crippen molar-refractivity contribution in [3.63, 3.8) is 0 Å². The molecule has 114 valence electrons. The summed E-state index contributed by atoms with van der Waals surface area (Å²) in [7, 11) is 0. The van der Waals surface area contributed by atoms with Crippen LogP contribution in [0.15, 0.2) is 30.3 Å². The Morgan fingerprint density at radius 3 is 2.48 bits per heavy atom. The summed E-state index contributed by atoms with van der Waals surface area (Å²) in [6.45, 7) is 4.46. The van der Waals surface area contributed by atoms with Crippen LogP contribution in [0.4, 0.5) is 0 Å². The van der Waals surface area contributed by atoms with E-state index in [0.29, 0.717) is 6.04 Å². The highest BCUT2D eigenvalue weighted by atomic mass is 32.1. The van der Waals surface area contributed by atoms with Crippen molar-refractivity contribution in [2.45, 2.75) is 51.6 Å². The van der Waals surface area contributed by atoms with Gasteiger partial charge in [0.15, 0.2) is 5.11 Å². The Morgan fingerprint density at radius 1 is 1.10 bits per heavy atom. The molecular formula is C18H26N2S. The largest absolute Gasteiger partial charge is 0.360 e. The fourth-order valence-corrected chi connectivity index (χ4v) is 4.65. The van der Waals surface area contributed by atoms with Crippen LogP contribution in [-0.4, -0.2) is 11.2 Å². The zero-order valence-electron chi connectivity index (χ0n) is 13.0. The van der Waals surface area contributed by atoms with Gasteiger partial charge in [0.2, 0.25) is 0 Å². The maximum absolute atomic E-state index is 5.51. The minimum atomic E-state index is 0.249. The normalized spacial score (nSPS) is 29.9. The van der Waals surface area contributed by atoms with Crippen LogP contribution >= 0.6 is 12.2 Å². The third-order valence-electron chi connectivity index (χ3n) is 5.44. The lowest BCUT2D eigenvalue weighted by Crippen LogP contribution is -2.45. The van der Waals surface area contributed by atoms with E-state index in [1.807, 2.05) is 6.07 Å². The van der Waals surface area contributed by atoms with Gasteiger partial charge < -0.3 is 10.6 Å². The molecule has 3 heteroatoms. The third-order valence-corrected chi connectivity index (χ3v) is 5.68. The number of thiocarbonyl (C=S) groups is 1. The molecule has 2 aliphatic carbocycles. The summed E-state index contributed by atoms with van der Waals surface area (Å²) in [5.41, 5.74) is 1.27. The Labute approximate surface area is 133 Å². The second kappa shape index (κ2) is 6.35. The molecule has 0 amide bonds. The number of fused-ring (bicyclic) bond motifs is 2. The molecule has 1 aromatic carbocycles. The van der Waals surface area contributed by atoms with E-state index < -0.39 is 0 Å². The van der Waals surface area contributed by atoms with Crippen molar-refractivity contribution in [2.24, 2.45) is 17.8 Å². The Morgan fingerprint density at radius 2 is 1.86 bits per heavy atom. The second-order valence-electron chi connectivity index (χ2n) is 6.88. The predicted octanol–water partition coefficient (Wildman–Crippen LogP) is 4.04. The fourth-order valence-electron chi connectivity index (χ4n) is 4.28. The van der Waals surface area contributed by atoms with Gasteiger partial charge >= 0.3 is 0 Å².